The zero-order chi connectivity index (χ0) is 12.9. The number of hydrogen-bond donors (Lipinski definition) is 3. The van der Waals surface area contributed by atoms with Gasteiger partial charge in [0.1, 0.15) is 0 Å². The molecule has 2 unspecified atom stereocenters. The number of nitrogens with one attached hydrogen (secondary N) is 1. The van der Waals surface area contributed by atoms with Crippen LogP contribution in [-0.4, -0.2) is 30.3 Å². The number of aliphatic hydroxyl groups is 1. The Bertz CT molecular complexity index is 230. The molecule has 0 aromatic carbocycles. The number of hydrogen-bond acceptors (Lipinski definition) is 3. The zero-order valence-corrected chi connectivity index (χ0v) is 11.8. The lowest BCUT2D eigenvalue weighted by Crippen LogP contribution is -2.59. The first-order valence-corrected chi connectivity index (χ1v) is 7.02. The summed E-state index contributed by atoms with van der Waals surface area (Å²) in [6.45, 7) is 9.03. The lowest BCUT2D eigenvalue weighted by Gasteiger charge is -2.48. The van der Waals surface area contributed by atoms with Crippen LogP contribution < -0.4 is 11.1 Å². The molecule has 0 aromatic rings. The monoisotopic (exact) mass is 242 g/mol. The van der Waals surface area contributed by atoms with E-state index >= 15 is 0 Å². The SMILES string of the molecule is CC1CC(C)(C)CCC1(CN)NCCCCO. The van der Waals surface area contributed by atoms with E-state index in [4.69, 9.17) is 10.8 Å². The molecule has 102 valence electrons. The molecular weight excluding hydrogens is 212 g/mol. The molecule has 0 heterocycles. The summed E-state index contributed by atoms with van der Waals surface area (Å²) >= 11 is 0. The van der Waals surface area contributed by atoms with Crippen LogP contribution in [0, 0.1) is 11.3 Å². The van der Waals surface area contributed by atoms with Gasteiger partial charge >= 0.3 is 0 Å². The topological polar surface area (TPSA) is 58.3 Å². The summed E-state index contributed by atoms with van der Waals surface area (Å²) in [7, 11) is 0. The van der Waals surface area contributed by atoms with E-state index in [1.54, 1.807) is 0 Å². The maximum atomic E-state index is 8.79. The molecule has 0 bridgehead atoms. The van der Waals surface area contributed by atoms with Crippen LogP contribution in [0.4, 0.5) is 0 Å². The third-order valence-electron chi connectivity index (χ3n) is 4.48. The molecule has 4 N–H and O–H groups in total. The van der Waals surface area contributed by atoms with Crippen LogP contribution in [0.1, 0.15) is 52.9 Å². The second kappa shape index (κ2) is 6.17. The summed E-state index contributed by atoms with van der Waals surface area (Å²) in [5, 5.41) is 12.5. The second-order valence-corrected chi connectivity index (χ2v) is 6.49. The van der Waals surface area contributed by atoms with Crippen LogP contribution in [0.15, 0.2) is 0 Å². The molecule has 0 amide bonds. The van der Waals surface area contributed by atoms with Gasteiger partial charge in [0.15, 0.2) is 0 Å². The first kappa shape index (κ1) is 14.9. The number of nitrogens with two attached hydrogens (primary N) is 1. The molecule has 0 aliphatic heterocycles. The van der Waals surface area contributed by atoms with Crippen LogP contribution in [0.3, 0.4) is 0 Å². The molecule has 1 saturated carbocycles. The zero-order valence-electron chi connectivity index (χ0n) is 11.8. The minimum Gasteiger partial charge on any atom is -0.396 e. The van der Waals surface area contributed by atoms with Gasteiger partial charge in [0.25, 0.3) is 0 Å². The molecule has 1 aliphatic rings. The van der Waals surface area contributed by atoms with Crippen molar-refractivity contribution >= 4 is 0 Å². The predicted molar refractivity (Wildman–Crippen MR) is 72.9 cm³/mol. The summed E-state index contributed by atoms with van der Waals surface area (Å²) in [4.78, 5) is 0. The molecule has 3 nitrogen and oxygen atoms in total. The van der Waals surface area contributed by atoms with E-state index < -0.39 is 0 Å². The fourth-order valence-corrected chi connectivity index (χ4v) is 3.15. The molecule has 0 spiro atoms. The van der Waals surface area contributed by atoms with Gasteiger partial charge in [-0.15, -0.1) is 0 Å². The molecule has 3 heteroatoms. The molecule has 2 atom stereocenters. The highest BCUT2D eigenvalue weighted by Gasteiger charge is 2.42. The van der Waals surface area contributed by atoms with E-state index in [0.717, 1.165) is 25.9 Å². The van der Waals surface area contributed by atoms with E-state index in [-0.39, 0.29) is 5.54 Å². The number of aliphatic hydroxyl groups excluding tert-OH is 1. The molecule has 0 aromatic heterocycles. The van der Waals surface area contributed by atoms with Crippen molar-refractivity contribution < 1.29 is 5.11 Å². The van der Waals surface area contributed by atoms with E-state index in [1.165, 1.54) is 19.3 Å². The largest absolute Gasteiger partial charge is 0.396 e. The Morgan fingerprint density at radius 2 is 2.00 bits per heavy atom. The third-order valence-corrected chi connectivity index (χ3v) is 4.48. The van der Waals surface area contributed by atoms with Crippen LogP contribution in [0.2, 0.25) is 0 Å². The second-order valence-electron chi connectivity index (χ2n) is 6.49. The standard InChI is InChI=1S/C14H30N2O/c1-12-10-13(2,3)6-7-14(12,11-15)16-8-4-5-9-17/h12,16-17H,4-11,15H2,1-3H3. The number of rotatable bonds is 6. The fraction of sp³-hybridized carbons (Fsp3) is 1.00. The highest BCUT2D eigenvalue weighted by molar-refractivity contribution is 5.00. The predicted octanol–water partition coefficient (Wildman–Crippen LogP) is 1.89. The van der Waals surface area contributed by atoms with Gasteiger partial charge in [0, 0.05) is 18.7 Å². The fourth-order valence-electron chi connectivity index (χ4n) is 3.15. The Balaban J connectivity index is 2.50. The van der Waals surface area contributed by atoms with E-state index in [9.17, 15) is 0 Å². The van der Waals surface area contributed by atoms with Gasteiger partial charge in [-0.2, -0.15) is 0 Å². The van der Waals surface area contributed by atoms with Gasteiger partial charge < -0.3 is 16.2 Å². The van der Waals surface area contributed by atoms with Crippen molar-refractivity contribution in [3.05, 3.63) is 0 Å². The molecule has 0 radical (unpaired) electrons. The Morgan fingerprint density at radius 3 is 2.53 bits per heavy atom. The maximum Gasteiger partial charge on any atom is 0.0431 e. The maximum absolute atomic E-state index is 8.79. The van der Waals surface area contributed by atoms with Crippen molar-refractivity contribution in [1.29, 1.82) is 0 Å². The Morgan fingerprint density at radius 1 is 1.29 bits per heavy atom. The minimum atomic E-state index is 0.130. The minimum absolute atomic E-state index is 0.130. The number of unbranched alkanes of at least 4 members (excludes halogenated alkanes) is 1. The van der Waals surface area contributed by atoms with E-state index in [2.05, 4.69) is 26.1 Å². The summed E-state index contributed by atoms with van der Waals surface area (Å²) in [5.41, 5.74) is 6.61. The highest BCUT2D eigenvalue weighted by Crippen LogP contribution is 2.43. The van der Waals surface area contributed by atoms with E-state index in [0.29, 0.717) is 17.9 Å². The molecule has 1 aliphatic carbocycles. The van der Waals surface area contributed by atoms with Crippen molar-refractivity contribution in [3.63, 3.8) is 0 Å². The molecule has 1 rings (SSSR count). The van der Waals surface area contributed by atoms with Gasteiger partial charge in [0.2, 0.25) is 0 Å². The summed E-state index contributed by atoms with van der Waals surface area (Å²) < 4.78 is 0. The molecule has 0 saturated heterocycles. The first-order valence-electron chi connectivity index (χ1n) is 7.02. The van der Waals surface area contributed by atoms with Gasteiger partial charge in [-0.3, -0.25) is 0 Å². The average Bonchev–Trinajstić information content (AvgIpc) is 2.27. The van der Waals surface area contributed by atoms with Crippen molar-refractivity contribution in [3.8, 4) is 0 Å². The summed E-state index contributed by atoms with van der Waals surface area (Å²) in [6.07, 6.45) is 5.59. The summed E-state index contributed by atoms with van der Waals surface area (Å²) in [5.74, 6) is 0.630. The lowest BCUT2D eigenvalue weighted by molar-refractivity contribution is 0.0785. The van der Waals surface area contributed by atoms with Crippen LogP contribution >= 0.6 is 0 Å². The van der Waals surface area contributed by atoms with Crippen molar-refractivity contribution in [2.45, 2.75) is 58.4 Å². The van der Waals surface area contributed by atoms with Crippen LogP contribution in [-0.2, 0) is 0 Å². The molecule has 17 heavy (non-hydrogen) atoms. The van der Waals surface area contributed by atoms with Crippen LogP contribution in [0.25, 0.3) is 0 Å². The Labute approximate surface area is 106 Å². The Kier molecular flexibility index (Phi) is 5.42. The first-order chi connectivity index (χ1) is 7.96. The van der Waals surface area contributed by atoms with Gasteiger partial charge in [-0.25, -0.2) is 0 Å². The smallest absolute Gasteiger partial charge is 0.0431 e. The van der Waals surface area contributed by atoms with Crippen LogP contribution in [0.5, 0.6) is 0 Å². The molecular formula is C14H30N2O. The Hall–Kier alpha value is -0.120. The quantitative estimate of drug-likeness (QED) is 0.623. The average molecular weight is 242 g/mol. The lowest BCUT2D eigenvalue weighted by atomic mass is 9.64. The highest BCUT2D eigenvalue weighted by atomic mass is 16.2. The summed E-state index contributed by atoms with van der Waals surface area (Å²) in [6, 6.07) is 0. The van der Waals surface area contributed by atoms with Gasteiger partial charge in [-0.05, 0) is 50.0 Å². The van der Waals surface area contributed by atoms with E-state index in [1.807, 2.05) is 0 Å². The normalized spacial score (nSPS) is 32.6. The van der Waals surface area contributed by atoms with Gasteiger partial charge in [0.05, 0.1) is 0 Å². The molecule has 1 fully saturated rings. The van der Waals surface area contributed by atoms with Gasteiger partial charge in [-0.1, -0.05) is 20.8 Å². The van der Waals surface area contributed by atoms with Crippen molar-refractivity contribution in [2.24, 2.45) is 17.1 Å². The van der Waals surface area contributed by atoms with Crippen molar-refractivity contribution in [2.75, 3.05) is 19.7 Å². The van der Waals surface area contributed by atoms with Crippen molar-refractivity contribution in [1.82, 2.24) is 5.32 Å². The third kappa shape index (κ3) is 3.94.